The second kappa shape index (κ2) is 5.33. The van der Waals surface area contributed by atoms with Crippen molar-refractivity contribution >= 4 is 5.91 Å². The van der Waals surface area contributed by atoms with Crippen molar-refractivity contribution < 1.29 is 9.90 Å². The van der Waals surface area contributed by atoms with Crippen LogP contribution in [0.5, 0.6) is 5.75 Å². The Hall–Kier alpha value is -2.33. The summed E-state index contributed by atoms with van der Waals surface area (Å²) < 4.78 is 0. The monoisotopic (exact) mass is 242 g/mol. The molecule has 0 unspecified atom stereocenters. The predicted molar refractivity (Wildman–Crippen MR) is 69.0 cm³/mol. The molecule has 4 nitrogen and oxygen atoms in total. The molecule has 0 saturated carbocycles. The van der Waals surface area contributed by atoms with Crippen LogP contribution in [0.15, 0.2) is 48.5 Å². The third-order valence-corrected chi connectivity index (χ3v) is 2.73. The van der Waals surface area contributed by atoms with Crippen molar-refractivity contribution in [3.05, 3.63) is 65.2 Å². The summed E-state index contributed by atoms with van der Waals surface area (Å²) in [5.41, 5.74) is 3.96. The van der Waals surface area contributed by atoms with E-state index in [0.29, 0.717) is 12.0 Å². The number of carbonyl (C=O) groups is 1. The summed E-state index contributed by atoms with van der Waals surface area (Å²) in [6.45, 7) is 0. The van der Waals surface area contributed by atoms with Gasteiger partial charge in [0.2, 0.25) is 0 Å². The fourth-order valence-electron chi connectivity index (χ4n) is 1.81. The van der Waals surface area contributed by atoms with E-state index in [1.54, 1.807) is 12.1 Å². The molecular formula is C14H14N2O2. The smallest absolute Gasteiger partial charge is 0.268 e. The summed E-state index contributed by atoms with van der Waals surface area (Å²) >= 11 is 0. The fraction of sp³-hybridized carbons (Fsp3) is 0.0714. The van der Waals surface area contributed by atoms with Gasteiger partial charge in [0.25, 0.3) is 5.91 Å². The molecule has 4 heteroatoms. The third-order valence-electron chi connectivity index (χ3n) is 2.73. The van der Waals surface area contributed by atoms with Crippen molar-refractivity contribution in [3.63, 3.8) is 0 Å². The van der Waals surface area contributed by atoms with Crippen LogP contribution in [0.2, 0.25) is 0 Å². The summed E-state index contributed by atoms with van der Waals surface area (Å²) in [5, 5.41) is 10.0. The van der Waals surface area contributed by atoms with Gasteiger partial charge in [-0.05, 0) is 17.2 Å². The molecule has 0 fully saturated rings. The number of amides is 1. The van der Waals surface area contributed by atoms with Gasteiger partial charge in [-0.1, -0.05) is 42.5 Å². The van der Waals surface area contributed by atoms with E-state index >= 15 is 0 Å². The Morgan fingerprint density at radius 2 is 1.83 bits per heavy atom. The zero-order chi connectivity index (χ0) is 13.0. The lowest BCUT2D eigenvalue weighted by molar-refractivity contribution is 0.0951. The van der Waals surface area contributed by atoms with Crippen molar-refractivity contribution in [2.24, 2.45) is 5.84 Å². The average molecular weight is 242 g/mol. The Balaban J connectivity index is 2.32. The lowest BCUT2D eigenvalue weighted by Gasteiger charge is -2.08. The minimum Gasteiger partial charge on any atom is -0.507 e. The number of para-hydroxylation sites is 1. The highest BCUT2D eigenvalue weighted by atomic mass is 16.3. The molecular weight excluding hydrogens is 228 g/mol. The van der Waals surface area contributed by atoms with Gasteiger partial charge >= 0.3 is 0 Å². The minimum atomic E-state index is -0.498. The van der Waals surface area contributed by atoms with Gasteiger partial charge in [-0.25, -0.2) is 5.84 Å². The fourth-order valence-corrected chi connectivity index (χ4v) is 1.81. The number of hydrogen-bond donors (Lipinski definition) is 3. The number of rotatable bonds is 3. The highest BCUT2D eigenvalue weighted by Gasteiger charge is 2.13. The van der Waals surface area contributed by atoms with E-state index in [1.165, 1.54) is 6.07 Å². The van der Waals surface area contributed by atoms with Crippen LogP contribution < -0.4 is 11.3 Å². The third kappa shape index (κ3) is 2.49. The van der Waals surface area contributed by atoms with E-state index in [-0.39, 0.29) is 11.3 Å². The molecule has 2 aromatic rings. The maximum atomic E-state index is 11.4. The SMILES string of the molecule is NNC(=O)c1cccc(Cc2ccccc2)c1O. The Labute approximate surface area is 105 Å². The van der Waals surface area contributed by atoms with E-state index in [2.05, 4.69) is 0 Å². The van der Waals surface area contributed by atoms with Gasteiger partial charge in [0, 0.05) is 6.42 Å². The van der Waals surface area contributed by atoms with Gasteiger partial charge in [0.05, 0.1) is 5.56 Å². The van der Waals surface area contributed by atoms with Gasteiger partial charge in [-0.2, -0.15) is 0 Å². The van der Waals surface area contributed by atoms with Gasteiger partial charge in [0.15, 0.2) is 0 Å². The maximum absolute atomic E-state index is 11.4. The van der Waals surface area contributed by atoms with Crippen LogP contribution in [0.4, 0.5) is 0 Å². The highest BCUT2D eigenvalue weighted by molar-refractivity contribution is 5.96. The highest BCUT2D eigenvalue weighted by Crippen LogP contribution is 2.24. The number of benzene rings is 2. The van der Waals surface area contributed by atoms with Crippen molar-refractivity contribution in [1.82, 2.24) is 5.43 Å². The van der Waals surface area contributed by atoms with E-state index in [4.69, 9.17) is 5.84 Å². The molecule has 0 aromatic heterocycles. The van der Waals surface area contributed by atoms with E-state index in [0.717, 1.165) is 5.56 Å². The molecule has 0 saturated heterocycles. The number of hydrogen-bond acceptors (Lipinski definition) is 3. The van der Waals surface area contributed by atoms with Gasteiger partial charge < -0.3 is 5.11 Å². The topological polar surface area (TPSA) is 75.3 Å². The first-order valence-electron chi connectivity index (χ1n) is 5.58. The zero-order valence-corrected chi connectivity index (χ0v) is 9.76. The zero-order valence-electron chi connectivity index (χ0n) is 9.76. The Morgan fingerprint density at radius 3 is 2.50 bits per heavy atom. The summed E-state index contributed by atoms with van der Waals surface area (Å²) in [7, 11) is 0. The molecule has 0 aliphatic heterocycles. The molecule has 0 heterocycles. The molecule has 1 amide bonds. The lowest BCUT2D eigenvalue weighted by atomic mass is 10.0. The minimum absolute atomic E-state index is 0.0238. The lowest BCUT2D eigenvalue weighted by Crippen LogP contribution is -2.30. The number of phenolic OH excluding ortho intramolecular Hbond substituents is 1. The van der Waals surface area contributed by atoms with E-state index in [9.17, 15) is 9.90 Å². The summed E-state index contributed by atoms with van der Waals surface area (Å²) in [5.74, 6) is 4.54. The van der Waals surface area contributed by atoms with Gasteiger partial charge in [-0.15, -0.1) is 0 Å². The van der Waals surface area contributed by atoms with Gasteiger partial charge in [-0.3, -0.25) is 10.2 Å². The molecule has 4 N–H and O–H groups in total. The van der Waals surface area contributed by atoms with Crippen molar-refractivity contribution in [1.29, 1.82) is 0 Å². The Kier molecular flexibility index (Phi) is 3.60. The first kappa shape index (κ1) is 12.1. The Morgan fingerprint density at radius 1 is 1.11 bits per heavy atom. The second-order valence-electron chi connectivity index (χ2n) is 3.95. The molecule has 0 bridgehead atoms. The number of phenols is 1. The molecule has 0 aliphatic rings. The molecule has 92 valence electrons. The van der Waals surface area contributed by atoms with Crippen molar-refractivity contribution in [2.45, 2.75) is 6.42 Å². The molecule has 18 heavy (non-hydrogen) atoms. The molecule has 0 aliphatic carbocycles. The van der Waals surface area contributed by atoms with E-state index < -0.39 is 5.91 Å². The Bertz CT molecular complexity index is 553. The number of aromatic hydroxyl groups is 1. The van der Waals surface area contributed by atoms with Crippen LogP contribution in [0, 0.1) is 0 Å². The predicted octanol–water partition coefficient (Wildman–Crippen LogP) is 1.59. The molecule has 2 aromatic carbocycles. The first-order chi connectivity index (χ1) is 8.72. The van der Waals surface area contributed by atoms with Crippen molar-refractivity contribution in [3.8, 4) is 5.75 Å². The summed E-state index contributed by atoms with van der Waals surface area (Å²) in [6.07, 6.45) is 0.568. The van der Waals surface area contributed by atoms with Crippen LogP contribution >= 0.6 is 0 Å². The maximum Gasteiger partial charge on any atom is 0.268 e. The molecule has 0 spiro atoms. The number of carbonyl (C=O) groups excluding carboxylic acids is 1. The van der Waals surface area contributed by atoms with Crippen LogP contribution in [0.25, 0.3) is 0 Å². The van der Waals surface area contributed by atoms with Crippen LogP contribution in [0.1, 0.15) is 21.5 Å². The summed E-state index contributed by atoms with van der Waals surface area (Å²) in [4.78, 5) is 11.4. The quantitative estimate of drug-likeness (QED) is 0.434. The molecule has 0 atom stereocenters. The second-order valence-corrected chi connectivity index (χ2v) is 3.95. The van der Waals surface area contributed by atoms with Crippen molar-refractivity contribution in [2.75, 3.05) is 0 Å². The number of nitrogens with one attached hydrogen (secondary N) is 1. The normalized spacial score (nSPS) is 10.1. The molecule has 2 rings (SSSR count). The van der Waals surface area contributed by atoms with Crippen LogP contribution in [-0.4, -0.2) is 11.0 Å². The standard InChI is InChI=1S/C14H14N2O2/c15-16-14(18)12-8-4-7-11(13(12)17)9-10-5-2-1-3-6-10/h1-8,17H,9,15H2,(H,16,18). The number of nitrogens with two attached hydrogens (primary N) is 1. The molecule has 0 radical (unpaired) electrons. The van der Waals surface area contributed by atoms with Crippen LogP contribution in [0.3, 0.4) is 0 Å². The van der Waals surface area contributed by atoms with E-state index in [1.807, 2.05) is 35.8 Å². The average Bonchev–Trinajstić information content (AvgIpc) is 2.41. The summed E-state index contributed by atoms with van der Waals surface area (Å²) in [6, 6.07) is 14.8. The largest absolute Gasteiger partial charge is 0.507 e. The van der Waals surface area contributed by atoms with Crippen LogP contribution in [-0.2, 0) is 6.42 Å². The van der Waals surface area contributed by atoms with Gasteiger partial charge in [0.1, 0.15) is 5.75 Å². The first-order valence-corrected chi connectivity index (χ1v) is 5.58. The number of nitrogen functional groups attached to an aromatic ring is 1. The number of hydrazine groups is 1.